The van der Waals surface area contributed by atoms with E-state index in [1.54, 1.807) is 20.4 Å². The van der Waals surface area contributed by atoms with E-state index in [0.29, 0.717) is 6.54 Å². The highest BCUT2D eigenvalue weighted by Crippen LogP contribution is 2.28. The molecule has 1 saturated heterocycles. The van der Waals surface area contributed by atoms with Crippen molar-refractivity contribution in [2.75, 3.05) is 45.2 Å². The molecule has 0 saturated carbocycles. The Kier molecular flexibility index (Phi) is 5.20. The molecule has 0 amide bonds. The van der Waals surface area contributed by atoms with Crippen molar-refractivity contribution in [1.29, 1.82) is 0 Å². The molecular weight excluding hydrogens is 306 g/mol. The van der Waals surface area contributed by atoms with E-state index in [-0.39, 0.29) is 0 Å². The fourth-order valence-electron chi connectivity index (χ4n) is 2.88. The molecule has 1 fully saturated rings. The molecule has 2 heterocycles. The lowest BCUT2D eigenvalue weighted by Crippen LogP contribution is -2.52. The van der Waals surface area contributed by atoms with Crippen molar-refractivity contribution in [3.8, 4) is 5.75 Å². The molecule has 7 heteroatoms. The van der Waals surface area contributed by atoms with Crippen LogP contribution in [0.1, 0.15) is 5.69 Å². The molecule has 2 aromatic rings. The second-order valence-corrected chi connectivity index (χ2v) is 5.54. The minimum atomic E-state index is 0.607. The Balaban J connectivity index is 1.57. The van der Waals surface area contributed by atoms with Crippen LogP contribution in [0.25, 0.3) is 0 Å². The number of hydrogen-bond donors (Lipinski definition) is 1. The highest BCUT2D eigenvalue weighted by atomic mass is 16.5. The zero-order valence-corrected chi connectivity index (χ0v) is 14.1. The van der Waals surface area contributed by atoms with Crippen molar-refractivity contribution in [3.63, 3.8) is 0 Å². The number of anilines is 1. The predicted molar refractivity (Wildman–Crippen MR) is 93.5 cm³/mol. The lowest BCUT2D eigenvalue weighted by atomic mass is 10.2. The van der Waals surface area contributed by atoms with Gasteiger partial charge >= 0.3 is 0 Å². The van der Waals surface area contributed by atoms with E-state index in [1.165, 1.54) is 0 Å². The third-order valence-corrected chi connectivity index (χ3v) is 4.14. The summed E-state index contributed by atoms with van der Waals surface area (Å²) in [6, 6.07) is 9.99. The van der Waals surface area contributed by atoms with Gasteiger partial charge < -0.3 is 24.4 Å². The van der Waals surface area contributed by atoms with Crippen LogP contribution >= 0.6 is 0 Å². The van der Waals surface area contributed by atoms with Crippen LogP contribution in [0.15, 0.2) is 46.1 Å². The van der Waals surface area contributed by atoms with Crippen LogP contribution in [0.5, 0.6) is 5.75 Å². The number of methoxy groups -OCH3 is 1. The first-order valence-electron chi connectivity index (χ1n) is 8.04. The van der Waals surface area contributed by atoms with Gasteiger partial charge in [0.2, 0.25) is 0 Å². The molecule has 0 bridgehead atoms. The van der Waals surface area contributed by atoms with E-state index in [2.05, 4.69) is 31.3 Å². The second-order valence-electron chi connectivity index (χ2n) is 5.54. The predicted octanol–water partition coefficient (Wildman–Crippen LogP) is 1.58. The zero-order chi connectivity index (χ0) is 16.8. The van der Waals surface area contributed by atoms with Gasteiger partial charge in [-0.25, -0.2) is 0 Å². The van der Waals surface area contributed by atoms with Crippen molar-refractivity contribution in [2.45, 2.75) is 6.54 Å². The van der Waals surface area contributed by atoms with Crippen molar-refractivity contribution in [1.82, 2.24) is 15.4 Å². The van der Waals surface area contributed by atoms with Gasteiger partial charge in [-0.15, -0.1) is 0 Å². The number of nitrogens with one attached hydrogen (secondary N) is 1. The summed E-state index contributed by atoms with van der Waals surface area (Å²) in [4.78, 5) is 8.98. The molecule has 3 rings (SSSR count). The fraction of sp³-hybridized carbons (Fsp3) is 0.412. The van der Waals surface area contributed by atoms with Crippen LogP contribution in [0.3, 0.4) is 0 Å². The number of nitrogens with zero attached hydrogens (tertiary/aromatic N) is 4. The maximum absolute atomic E-state index is 5.47. The number of hydrogen-bond acceptors (Lipinski definition) is 5. The number of para-hydroxylation sites is 2. The third-order valence-electron chi connectivity index (χ3n) is 4.14. The smallest absolute Gasteiger partial charge is 0.194 e. The summed E-state index contributed by atoms with van der Waals surface area (Å²) >= 11 is 0. The van der Waals surface area contributed by atoms with Crippen molar-refractivity contribution in [2.24, 2.45) is 4.99 Å². The number of benzene rings is 1. The SMILES string of the molecule is CN=C(NCc1ccon1)N1CCN(c2ccccc2OC)CC1. The van der Waals surface area contributed by atoms with Crippen LogP contribution in [0, 0.1) is 0 Å². The first-order valence-corrected chi connectivity index (χ1v) is 8.04. The van der Waals surface area contributed by atoms with Crippen molar-refractivity contribution < 1.29 is 9.26 Å². The number of ether oxygens (including phenoxy) is 1. The van der Waals surface area contributed by atoms with Gasteiger partial charge in [0.15, 0.2) is 5.96 Å². The van der Waals surface area contributed by atoms with Crippen LogP contribution in [-0.2, 0) is 6.54 Å². The molecule has 0 atom stereocenters. The van der Waals surface area contributed by atoms with Gasteiger partial charge in [0.05, 0.1) is 19.3 Å². The van der Waals surface area contributed by atoms with E-state index >= 15 is 0 Å². The van der Waals surface area contributed by atoms with Gasteiger partial charge in [-0.1, -0.05) is 17.3 Å². The number of rotatable bonds is 4. The summed E-state index contributed by atoms with van der Waals surface area (Å²) in [6.45, 7) is 4.25. The monoisotopic (exact) mass is 329 g/mol. The van der Waals surface area contributed by atoms with Crippen molar-refractivity contribution in [3.05, 3.63) is 42.3 Å². The summed E-state index contributed by atoms with van der Waals surface area (Å²) in [5.41, 5.74) is 2.01. The number of aromatic nitrogens is 1. The Bertz CT molecular complexity index is 663. The lowest BCUT2D eigenvalue weighted by Gasteiger charge is -2.38. The summed E-state index contributed by atoms with van der Waals surface area (Å²) in [5.74, 6) is 1.80. The normalized spacial score (nSPS) is 15.5. The van der Waals surface area contributed by atoms with Crippen LogP contribution < -0.4 is 15.0 Å². The van der Waals surface area contributed by atoms with Crippen LogP contribution in [0.2, 0.25) is 0 Å². The molecule has 128 valence electrons. The van der Waals surface area contributed by atoms with E-state index in [4.69, 9.17) is 9.26 Å². The first-order chi connectivity index (χ1) is 11.8. The molecule has 1 aliphatic rings. The Labute approximate surface area is 141 Å². The molecule has 24 heavy (non-hydrogen) atoms. The van der Waals surface area contributed by atoms with Gasteiger partial charge in [0.1, 0.15) is 17.7 Å². The van der Waals surface area contributed by atoms with E-state index < -0.39 is 0 Å². The average Bonchev–Trinajstić information content (AvgIpc) is 3.16. The number of guanidine groups is 1. The molecule has 7 nitrogen and oxygen atoms in total. The molecular formula is C17H23N5O2. The minimum absolute atomic E-state index is 0.607. The van der Waals surface area contributed by atoms with Crippen LogP contribution in [0.4, 0.5) is 5.69 Å². The highest BCUT2D eigenvalue weighted by molar-refractivity contribution is 5.80. The molecule has 0 unspecified atom stereocenters. The average molecular weight is 329 g/mol. The van der Waals surface area contributed by atoms with E-state index in [9.17, 15) is 0 Å². The van der Waals surface area contributed by atoms with Gasteiger partial charge in [-0.3, -0.25) is 4.99 Å². The maximum atomic E-state index is 5.47. The molecule has 0 radical (unpaired) electrons. The standard InChI is InChI=1S/C17H23N5O2/c1-18-17(19-13-14-7-12-24-20-14)22-10-8-21(9-11-22)15-5-3-4-6-16(15)23-2/h3-7,12H,8-11,13H2,1-2H3,(H,18,19). The molecule has 1 aromatic heterocycles. The summed E-state index contributed by atoms with van der Waals surface area (Å²) in [5, 5.41) is 7.23. The fourth-order valence-corrected chi connectivity index (χ4v) is 2.88. The highest BCUT2D eigenvalue weighted by Gasteiger charge is 2.21. The molecule has 0 aliphatic carbocycles. The molecule has 1 aromatic carbocycles. The molecule has 1 aliphatic heterocycles. The molecule has 1 N–H and O–H groups in total. The second kappa shape index (κ2) is 7.72. The Hall–Kier alpha value is -2.70. The zero-order valence-electron chi connectivity index (χ0n) is 14.1. The van der Waals surface area contributed by atoms with Gasteiger partial charge in [-0.05, 0) is 12.1 Å². The topological polar surface area (TPSA) is 66.1 Å². The van der Waals surface area contributed by atoms with Gasteiger partial charge in [-0.2, -0.15) is 0 Å². The molecule has 0 spiro atoms. The Morgan fingerprint density at radius 1 is 1.25 bits per heavy atom. The first kappa shape index (κ1) is 16.2. The van der Waals surface area contributed by atoms with E-state index in [0.717, 1.165) is 49.3 Å². The van der Waals surface area contributed by atoms with Crippen molar-refractivity contribution >= 4 is 11.6 Å². The maximum Gasteiger partial charge on any atom is 0.194 e. The Morgan fingerprint density at radius 2 is 2.04 bits per heavy atom. The number of piperazine rings is 1. The van der Waals surface area contributed by atoms with Gasteiger partial charge in [0, 0.05) is 39.3 Å². The Morgan fingerprint density at radius 3 is 2.71 bits per heavy atom. The number of aliphatic imine (C=N–C) groups is 1. The minimum Gasteiger partial charge on any atom is -0.495 e. The van der Waals surface area contributed by atoms with E-state index in [1.807, 2.05) is 24.3 Å². The summed E-state index contributed by atoms with van der Waals surface area (Å²) in [6.07, 6.45) is 1.58. The lowest BCUT2D eigenvalue weighted by molar-refractivity contribution is 0.365. The quantitative estimate of drug-likeness (QED) is 0.679. The largest absolute Gasteiger partial charge is 0.495 e. The summed E-state index contributed by atoms with van der Waals surface area (Å²) in [7, 11) is 3.52. The summed E-state index contributed by atoms with van der Waals surface area (Å²) < 4.78 is 10.3. The van der Waals surface area contributed by atoms with Crippen LogP contribution in [-0.4, -0.2) is 56.4 Å². The third kappa shape index (κ3) is 3.61. The van der Waals surface area contributed by atoms with Gasteiger partial charge in [0.25, 0.3) is 0 Å².